The molecule has 0 radical (unpaired) electrons. The predicted molar refractivity (Wildman–Crippen MR) is 99.1 cm³/mol. The van der Waals surface area contributed by atoms with Gasteiger partial charge in [0.25, 0.3) is 0 Å². The summed E-state index contributed by atoms with van der Waals surface area (Å²) in [6.45, 7) is 3.48. The molecule has 7 heteroatoms. The van der Waals surface area contributed by atoms with Gasteiger partial charge < -0.3 is 20.5 Å². The highest BCUT2D eigenvalue weighted by molar-refractivity contribution is 5.92. The first kappa shape index (κ1) is 19.5. The van der Waals surface area contributed by atoms with Crippen LogP contribution in [0.2, 0.25) is 0 Å². The summed E-state index contributed by atoms with van der Waals surface area (Å²) < 4.78 is 34.7. The van der Waals surface area contributed by atoms with Crippen LogP contribution in [-0.4, -0.2) is 19.2 Å². The van der Waals surface area contributed by atoms with Gasteiger partial charge in [-0.2, -0.15) is 8.78 Å². The van der Waals surface area contributed by atoms with Gasteiger partial charge in [0.1, 0.15) is 0 Å². The molecule has 0 spiro atoms. The fraction of sp³-hybridized carbons (Fsp3) is 0.316. The molecule has 0 heterocycles. The summed E-state index contributed by atoms with van der Waals surface area (Å²) in [5, 5.41) is 3.04. The molecule has 0 fully saturated rings. The number of hydrogen-bond donors (Lipinski definition) is 2. The Bertz CT molecular complexity index is 759. The lowest BCUT2D eigenvalue weighted by Crippen LogP contribution is -2.22. The molecule has 3 N–H and O–H groups in total. The maximum absolute atomic E-state index is 12.4. The first-order valence-electron chi connectivity index (χ1n) is 8.23. The SMILES string of the molecule is CCOc1cc(CN=C(N)Nc2cc(C)cc(C)c2)ccc1OC(F)F. The molecule has 0 aliphatic carbocycles. The molecule has 0 saturated carbocycles. The van der Waals surface area contributed by atoms with E-state index in [-0.39, 0.29) is 24.0 Å². The Morgan fingerprint density at radius 1 is 1.12 bits per heavy atom. The van der Waals surface area contributed by atoms with Gasteiger partial charge in [0.2, 0.25) is 0 Å². The van der Waals surface area contributed by atoms with Crippen LogP contribution < -0.4 is 20.5 Å². The van der Waals surface area contributed by atoms with E-state index in [1.54, 1.807) is 19.1 Å². The van der Waals surface area contributed by atoms with E-state index in [0.717, 1.165) is 22.4 Å². The third kappa shape index (κ3) is 5.91. The van der Waals surface area contributed by atoms with Gasteiger partial charge in [0.05, 0.1) is 13.2 Å². The van der Waals surface area contributed by atoms with Crippen LogP contribution in [-0.2, 0) is 6.54 Å². The normalized spacial score (nSPS) is 11.5. The Balaban J connectivity index is 2.09. The number of alkyl halides is 2. The van der Waals surface area contributed by atoms with Gasteiger partial charge >= 0.3 is 6.61 Å². The summed E-state index contributed by atoms with van der Waals surface area (Å²) in [4.78, 5) is 4.28. The molecule has 2 aromatic rings. The van der Waals surface area contributed by atoms with E-state index in [1.807, 2.05) is 26.0 Å². The number of anilines is 1. The molecule has 5 nitrogen and oxygen atoms in total. The molecule has 2 aromatic carbocycles. The summed E-state index contributed by atoms with van der Waals surface area (Å²) in [5.41, 5.74) is 9.80. The number of hydrogen-bond acceptors (Lipinski definition) is 3. The molecular formula is C19H23F2N3O2. The number of rotatable bonds is 7. The van der Waals surface area contributed by atoms with Gasteiger partial charge in [-0.05, 0) is 61.7 Å². The lowest BCUT2D eigenvalue weighted by Gasteiger charge is -2.12. The Morgan fingerprint density at radius 2 is 1.81 bits per heavy atom. The zero-order valence-electron chi connectivity index (χ0n) is 15.1. The maximum Gasteiger partial charge on any atom is 0.387 e. The van der Waals surface area contributed by atoms with Crippen molar-refractivity contribution in [2.24, 2.45) is 10.7 Å². The second-order valence-electron chi connectivity index (χ2n) is 5.80. The van der Waals surface area contributed by atoms with Crippen LogP contribution in [0.5, 0.6) is 11.5 Å². The summed E-state index contributed by atoms with van der Waals surface area (Å²) in [5.74, 6) is 0.512. The number of nitrogens with one attached hydrogen (secondary N) is 1. The van der Waals surface area contributed by atoms with Crippen LogP contribution in [0.4, 0.5) is 14.5 Å². The van der Waals surface area contributed by atoms with Crippen LogP contribution >= 0.6 is 0 Å². The predicted octanol–water partition coefficient (Wildman–Crippen LogP) is 4.23. The summed E-state index contributed by atoms with van der Waals surface area (Å²) in [6, 6.07) is 10.7. The van der Waals surface area contributed by atoms with Gasteiger partial charge in [0, 0.05) is 5.69 Å². The first-order chi connectivity index (χ1) is 12.4. The third-order valence-electron chi connectivity index (χ3n) is 3.45. The van der Waals surface area contributed by atoms with Crippen LogP contribution in [0.25, 0.3) is 0 Å². The fourth-order valence-electron chi connectivity index (χ4n) is 2.52. The average Bonchev–Trinajstić information content (AvgIpc) is 2.54. The van der Waals surface area contributed by atoms with E-state index in [2.05, 4.69) is 21.1 Å². The molecule has 0 bridgehead atoms. The van der Waals surface area contributed by atoms with Crippen molar-refractivity contribution in [3.05, 3.63) is 53.1 Å². The first-order valence-corrected chi connectivity index (χ1v) is 8.23. The van der Waals surface area contributed by atoms with Crippen LogP contribution in [0.15, 0.2) is 41.4 Å². The minimum absolute atomic E-state index is 0.00378. The van der Waals surface area contributed by atoms with E-state index in [4.69, 9.17) is 10.5 Å². The van der Waals surface area contributed by atoms with Crippen molar-refractivity contribution < 1.29 is 18.3 Å². The van der Waals surface area contributed by atoms with Crippen molar-refractivity contribution in [1.82, 2.24) is 0 Å². The van der Waals surface area contributed by atoms with Crippen molar-refractivity contribution in [2.75, 3.05) is 11.9 Å². The molecule has 0 saturated heterocycles. The highest BCUT2D eigenvalue weighted by Crippen LogP contribution is 2.30. The fourth-order valence-corrected chi connectivity index (χ4v) is 2.52. The van der Waals surface area contributed by atoms with E-state index in [0.29, 0.717) is 6.61 Å². The number of nitrogens with zero attached hydrogens (tertiary/aromatic N) is 1. The molecule has 0 aromatic heterocycles. The minimum Gasteiger partial charge on any atom is -0.490 e. The minimum atomic E-state index is -2.91. The Kier molecular flexibility index (Phi) is 6.77. The number of benzene rings is 2. The van der Waals surface area contributed by atoms with Crippen LogP contribution in [0.3, 0.4) is 0 Å². The number of ether oxygens (including phenoxy) is 2. The zero-order chi connectivity index (χ0) is 19.1. The molecule has 0 atom stereocenters. The largest absolute Gasteiger partial charge is 0.490 e. The Hall–Kier alpha value is -2.83. The molecule has 140 valence electrons. The van der Waals surface area contributed by atoms with Crippen molar-refractivity contribution in [3.63, 3.8) is 0 Å². The van der Waals surface area contributed by atoms with Crippen LogP contribution in [0, 0.1) is 13.8 Å². The van der Waals surface area contributed by atoms with Crippen molar-refractivity contribution >= 4 is 11.6 Å². The topological polar surface area (TPSA) is 68.9 Å². The van der Waals surface area contributed by atoms with Gasteiger partial charge in [-0.15, -0.1) is 0 Å². The zero-order valence-corrected chi connectivity index (χ0v) is 15.1. The maximum atomic E-state index is 12.4. The molecule has 2 rings (SSSR count). The van der Waals surface area contributed by atoms with E-state index in [1.165, 1.54) is 6.07 Å². The second kappa shape index (κ2) is 9.03. The van der Waals surface area contributed by atoms with Gasteiger partial charge in [-0.3, -0.25) is 0 Å². The summed E-state index contributed by atoms with van der Waals surface area (Å²) >= 11 is 0. The van der Waals surface area contributed by atoms with Crippen molar-refractivity contribution in [1.29, 1.82) is 0 Å². The third-order valence-corrected chi connectivity index (χ3v) is 3.45. The lowest BCUT2D eigenvalue weighted by atomic mass is 10.1. The number of halogens is 2. The van der Waals surface area contributed by atoms with Crippen molar-refractivity contribution in [2.45, 2.75) is 33.9 Å². The van der Waals surface area contributed by atoms with Crippen molar-refractivity contribution in [3.8, 4) is 11.5 Å². The molecule has 0 unspecified atom stereocenters. The molecule has 26 heavy (non-hydrogen) atoms. The molecule has 0 aliphatic heterocycles. The monoisotopic (exact) mass is 363 g/mol. The number of nitrogens with two attached hydrogens (primary N) is 1. The van der Waals surface area contributed by atoms with Gasteiger partial charge in [-0.1, -0.05) is 12.1 Å². The number of guanidine groups is 1. The van der Waals surface area contributed by atoms with Crippen LogP contribution in [0.1, 0.15) is 23.6 Å². The summed E-state index contributed by atoms with van der Waals surface area (Å²) in [6.07, 6.45) is 0. The van der Waals surface area contributed by atoms with E-state index in [9.17, 15) is 8.78 Å². The quantitative estimate of drug-likeness (QED) is 0.571. The number of aliphatic imine (C=N–C) groups is 1. The highest BCUT2D eigenvalue weighted by atomic mass is 19.3. The number of aryl methyl sites for hydroxylation is 2. The van der Waals surface area contributed by atoms with Gasteiger partial charge in [0.15, 0.2) is 17.5 Å². The lowest BCUT2D eigenvalue weighted by molar-refractivity contribution is -0.0514. The molecule has 0 aliphatic rings. The van der Waals surface area contributed by atoms with E-state index >= 15 is 0 Å². The molecule has 0 amide bonds. The standard InChI is InChI=1S/C19H23F2N3O2/c1-4-25-17-10-14(5-6-16(17)26-18(20)21)11-23-19(22)24-15-8-12(2)7-13(3)9-15/h5-10,18H,4,11H2,1-3H3,(H3,22,23,24). The van der Waals surface area contributed by atoms with E-state index < -0.39 is 6.61 Å². The molecular weight excluding hydrogens is 340 g/mol. The highest BCUT2D eigenvalue weighted by Gasteiger charge is 2.11. The second-order valence-corrected chi connectivity index (χ2v) is 5.80. The average molecular weight is 363 g/mol. The smallest absolute Gasteiger partial charge is 0.387 e. The van der Waals surface area contributed by atoms with Gasteiger partial charge in [-0.25, -0.2) is 4.99 Å². The Morgan fingerprint density at radius 3 is 2.42 bits per heavy atom. The summed E-state index contributed by atoms with van der Waals surface area (Å²) in [7, 11) is 0. The Labute approximate surface area is 151 Å².